The number of Topliss-reactive ketones (excluding diaryl/α,β-unsaturated/α-hetero) is 2. The topological polar surface area (TPSA) is 51.3 Å². The Kier molecular flexibility index (Phi) is 4.09. The largest absolute Gasteiger partial charge is 0.497 e. The van der Waals surface area contributed by atoms with Gasteiger partial charge in [-0.2, -0.15) is 4.58 Å². The van der Waals surface area contributed by atoms with Gasteiger partial charge in [0.1, 0.15) is 18.7 Å². The van der Waals surface area contributed by atoms with Gasteiger partial charge in [0, 0.05) is 41.9 Å². The predicted molar refractivity (Wildman–Crippen MR) is 121 cm³/mol. The lowest BCUT2D eigenvalue weighted by molar-refractivity contribution is -0.401. The maximum Gasteiger partial charge on any atom is 0.209 e. The number of aryl methyl sites for hydroxylation is 1. The van der Waals surface area contributed by atoms with Crippen LogP contribution < -0.4 is 4.74 Å². The molecule has 2 heterocycles. The van der Waals surface area contributed by atoms with Gasteiger partial charge < -0.3 is 9.30 Å². The molecule has 5 nitrogen and oxygen atoms in total. The molecular formula is C26H25N2O3+. The second-order valence-corrected chi connectivity index (χ2v) is 8.88. The molecule has 0 radical (unpaired) electrons. The lowest BCUT2D eigenvalue weighted by Gasteiger charge is -2.26. The van der Waals surface area contributed by atoms with Crippen LogP contribution in [0.25, 0.3) is 10.9 Å². The number of carbonyl (C=O) groups is 2. The number of para-hydroxylation sites is 1. The Morgan fingerprint density at radius 2 is 1.81 bits per heavy atom. The van der Waals surface area contributed by atoms with E-state index in [4.69, 9.17) is 4.74 Å². The zero-order chi connectivity index (χ0) is 22.1. The smallest absolute Gasteiger partial charge is 0.209 e. The van der Waals surface area contributed by atoms with Crippen molar-refractivity contribution in [2.75, 3.05) is 14.2 Å². The van der Waals surface area contributed by atoms with Crippen molar-refractivity contribution < 1.29 is 18.9 Å². The molecule has 0 spiro atoms. The number of nitrogens with zero attached hydrogens (tertiary/aromatic N) is 2. The highest BCUT2D eigenvalue weighted by molar-refractivity contribution is 6.43. The molecule has 0 atom stereocenters. The minimum Gasteiger partial charge on any atom is -0.497 e. The van der Waals surface area contributed by atoms with Crippen LogP contribution in [-0.4, -0.2) is 40.6 Å². The Morgan fingerprint density at radius 1 is 1.10 bits per heavy atom. The van der Waals surface area contributed by atoms with Crippen molar-refractivity contribution in [2.45, 2.75) is 25.2 Å². The van der Waals surface area contributed by atoms with Crippen molar-refractivity contribution in [3.63, 3.8) is 0 Å². The van der Waals surface area contributed by atoms with Crippen LogP contribution in [0, 0.1) is 0 Å². The minimum atomic E-state index is -0.713. The molecule has 0 N–H and O–H groups in total. The Morgan fingerprint density at radius 3 is 2.52 bits per heavy atom. The second-order valence-electron chi connectivity index (χ2n) is 8.88. The standard InChI is InChI=1S/C26H25N2O3/c1-26(2)19-12-15(31-5)10-11-21(19)28(4)22(26)13-17-24(29)23(25(17)30)18-14-27(3)20-9-7-6-8-16(18)20/h6-14,23H,1-5H3/q+1. The van der Waals surface area contributed by atoms with Gasteiger partial charge in [0.05, 0.1) is 18.1 Å². The number of allylic oxidation sites excluding steroid dienone is 2. The Balaban J connectivity index is 1.54. The number of benzene rings is 2. The number of aromatic nitrogens is 1. The van der Waals surface area contributed by atoms with Gasteiger partial charge in [-0.1, -0.05) is 18.2 Å². The van der Waals surface area contributed by atoms with E-state index in [1.807, 2.05) is 67.3 Å². The van der Waals surface area contributed by atoms with Crippen molar-refractivity contribution in [1.29, 1.82) is 0 Å². The Hall–Kier alpha value is -3.47. The third kappa shape index (κ3) is 2.59. The summed E-state index contributed by atoms with van der Waals surface area (Å²) in [7, 11) is 5.56. The van der Waals surface area contributed by atoms with Gasteiger partial charge in [-0.05, 0) is 37.6 Å². The van der Waals surface area contributed by atoms with Crippen LogP contribution in [0.15, 0.2) is 60.3 Å². The van der Waals surface area contributed by atoms with E-state index in [9.17, 15) is 9.59 Å². The number of ether oxygens (including phenoxy) is 1. The summed E-state index contributed by atoms with van der Waals surface area (Å²) in [6, 6.07) is 13.8. The highest BCUT2D eigenvalue weighted by atomic mass is 16.5. The summed E-state index contributed by atoms with van der Waals surface area (Å²) in [6.45, 7) is 4.22. The van der Waals surface area contributed by atoms with Gasteiger partial charge in [-0.25, -0.2) is 0 Å². The van der Waals surface area contributed by atoms with E-state index in [0.29, 0.717) is 0 Å². The van der Waals surface area contributed by atoms with Crippen LogP contribution in [0.4, 0.5) is 5.69 Å². The number of hydrogen-bond donors (Lipinski definition) is 0. The van der Waals surface area contributed by atoms with E-state index in [-0.39, 0.29) is 22.6 Å². The van der Waals surface area contributed by atoms with E-state index >= 15 is 0 Å². The van der Waals surface area contributed by atoms with Crippen molar-refractivity contribution in [2.24, 2.45) is 7.05 Å². The second kappa shape index (κ2) is 6.51. The minimum absolute atomic E-state index is 0.105. The number of fused-ring (bicyclic) bond motifs is 2. The maximum absolute atomic E-state index is 13.2. The van der Waals surface area contributed by atoms with Crippen LogP contribution in [0.1, 0.15) is 30.9 Å². The van der Waals surface area contributed by atoms with E-state index in [0.717, 1.165) is 39.2 Å². The summed E-state index contributed by atoms with van der Waals surface area (Å²) >= 11 is 0. The molecular weight excluding hydrogens is 388 g/mol. The summed E-state index contributed by atoms with van der Waals surface area (Å²) < 4.78 is 9.43. The monoisotopic (exact) mass is 413 g/mol. The van der Waals surface area contributed by atoms with Gasteiger partial charge in [-0.15, -0.1) is 0 Å². The molecule has 2 aromatic carbocycles. The molecule has 1 fully saturated rings. The quantitative estimate of drug-likeness (QED) is 0.282. The molecule has 1 aromatic heterocycles. The van der Waals surface area contributed by atoms with Gasteiger partial charge in [0.25, 0.3) is 0 Å². The maximum atomic E-state index is 13.2. The van der Waals surface area contributed by atoms with E-state index in [1.165, 1.54) is 0 Å². The molecule has 31 heavy (non-hydrogen) atoms. The molecule has 0 saturated heterocycles. The molecule has 0 unspecified atom stereocenters. The average Bonchev–Trinajstić information content (AvgIpc) is 3.18. The molecule has 5 rings (SSSR count). The number of rotatable bonds is 3. The zero-order valence-corrected chi connectivity index (χ0v) is 18.4. The predicted octanol–water partition coefficient (Wildman–Crippen LogP) is 4.05. The van der Waals surface area contributed by atoms with Crippen molar-refractivity contribution in [1.82, 2.24) is 4.57 Å². The zero-order valence-electron chi connectivity index (χ0n) is 18.4. The molecule has 1 aliphatic heterocycles. The van der Waals surface area contributed by atoms with Gasteiger partial charge in [0.15, 0.2) is 17.3 Å². The fraction of sp³-hybridized carbons (Fsp3) is 0.269. The number of carbonyl (C=O) groups excluding carboxylic acids is 2. The van der Waals surface area contributed by atoms with Crippen LogP contribution in [-0.2, 0) is 22.1 Å². The SMILES string of the molecule is COc1ccc2c(c1)C(C)(C)C(C=C1C(=O)C(c3cn(C)c4ccccc34)C1=O)=[N+]2C. The highest BCUT2D eigenvalue weighted by Gasteiger charge is 2.50. The van der Waals surface area contributed by atoms with E-state index in [2.05, 4.69) is 18.4 Å². The van der Waals surface area contributed by atoms with Gasteiger partial charge in [-0.3, -0.25) is 9.59 Å². The summed E-state index contributed by atoms with van der Waals surface area (Å²) in [6.07, 6.45) is 3.70. The van der Waals surface area contributed by atoms with Crippen LogP contribution in [0.2, 0.25) is 0 Å². The summed E-state index contributed by atoms with van der Waals surface area (Å²) in [5.74, 6) is -0.130. The van der Waals surface area contributed by atoms with Crippen molar-refractivity contribution in [3.8, 4) is 5.75 Å². The van der Waals surface area contributed by atoms with Crippen molar-refractivity contribution >= 4 is 33.9 Å². The number of hydrogen-bond acceptors (Lipinski definition) is 3. The Labute approximate surface area is 181 Å². The van der Waals surface area contributed by atoms with E-state index < -0.39 is 5.92 Å². The normalized spacial score (nSPS) is 19.6. The number of methoxy groups -OCH3 is 1. The molecule has 0 amide bonds. The van der Waals surface area contributed by atoms with Gasteiger partial charge in [0.2, 0.25) is 5.69 Å². The van der Waals surface area contributed by atoms with Crippen LogP contribution >= 0.6 is 0 Å². The molecule has 3 aromatic rings. The molecule has 0 bridgehead atoms. The van der Waals surface area contributed by atoms with Crippen LogP contribution in [0.5, 0.6) is 5.75 Å². The molecule has 1 saturated carbocycles. The summed E-state index contributed by atoms with van der Waals surface area (Å²) in [4.78, 5) is 26.3. The first-order valence-electron chi connectivity index (χ1n) is 10.4. The lowest BCUT2D eigenvalue weighted by Crippen LogP contribution is -2.40. The molecule has 156 valence electrons. The molecule has 5 heteroatoms. The summed E-state index contributed by atoms with van der Waals surface area (Å²) in [5.41, 5.74) is 4.86. The first-order valence-corrected chi connectivity index (χ1v) is 10.4. The lowest BCUT2D eigenvalue weighted by atomic mass is 9.71. The van der Waals surface area contributed by atoms with Gasteiger partial charge >= 0.3 is 0 Å². The number of ketones is 2. The fourth-order valence-corrected chi connectivity index (χ4v) is 5.04. The van der Waals surface area contributed by atoms with Crippen molar-refractivity contribution in [3.05, 3.63) is 71.4 Å². The first-order chi connectivity index (χ1) is 14.8. The third-order valence-corrected chi connectivity index (χ3v) is 6.82. The highest BCUT2D eigenvalue weighted by Crippen LogP contribution is 2.43. The first kappa shape index (κ1) is 19.5. The molecule has 2 aliphatic rings. The third-order valence-electron chi connectivity index (χ3n) is 6.82. The summed E-state index contributed by atoms with van der Waals surface area (Å²) in [5, 5.41) is 0.959. The van der Waals surface area contributed by atoms with Crippen LogP contribution in [0.3, 0.4) is 0 Å². The van der Waals surface area contributed by atoms with E-state index in [1.54, 1.807) is 13.2 Å². The Bertz CT molecular complexity index is 1340. The molecule has 1 aliphatic carbocycles. The fourth-order valence-electron chi connectivity index (χ4n) is 5.04. The average molecular weight is 413 g/mol.